The van der Waals surface area contributed by atoms with E-state index in [0.717, 1.165) is 31.3 Å². The van der Waals surface area contributed by atoms with Crippen LogP contribution in [0.5, 0.6) is 0 Å². The molecule has 1 nitrogen and oxygen atoms in total. The van der Waals surface area contributed by atoms with Crippen LogP contribution in [0.3, 0.4) is 0 Å². The summed E-state index contributed by atoms with van der Waals surface area (Å²) in [5.74, 6) is 1.05. The highest BCUT2D eigenvalue weighted by molar-refractivity contribution is 9.11. The number of rotatable bonds is 5. The van der Waals surface area contributed by atoms with Gasteiger partial charge in [0.25, 0.3) is 0 Å². The highest BCUT2D eigenvalue weighted by atomic mass is 79.9. The summed E-state index contributed by atoms with van der Waals surface area (Å²) in [6.45, 7) is 4.40. The Morgan fingerprint density at radius 1 is 1.47 bits per heavy atom. The molecular formula is C13H21BrO. The maximum atomic E-state index is 11.9. The molecule has 0 bridgehead atoms. The Morgan fingerprint density at radius 2 is 2.20 bits per heavy atom. The van der Waals surface area contributed by atoms with Crippen LogP contribution in [0.4, 0.5) is 0 Å². The summed E-state index contributed by atoms with van der Waals surface area (Å²) in [5.41, 5.74) is 1.07. The van der Waals surface area contributed by atoms with Gasteiger partial charge in [-0.1, -0.05) is 42.6 Å². The number of allylic oxidation sites excluding steroid dienone is 2. The third-order valence-electron chi connectivity index (χ3n) is 3.08. The molecular weight excluding hydrogens is 252 g/mol. The fourth-order valence-electron chi connectivity index (χ4n) is 2.04. The molecule has 0 N–H and O–H groups in total. The molecule has 0 aromatic heterocycles. The maximum absolute atomic E-state index is 11.9. The SMILES string of the molecule is CCCCCC(=O)C1=C(Br)CCC(C)C1. The van der Waals surface area contributed by atoms with E-state index in [-0.39, 0.29) is 0 Å². The molecule has 0 aromatic carbocycles. The fourth-order valence-corrected chi connectivity index (χ4v) is 2.65. The van der Waals surface area contributed by atoms with Gasteiger partial charge in [0.2, 0.25) is 0 Å². The Hall–Kier alpha value is -0.110. The molecule has 0 radical (unpaired) electrons. The second kappa shape index (κ2) is 6.47. The molecule has 0 fully saturated rings. The Labute approximate surface area is 101 Å². The lowest BCUT2D eigenvalue weighted by Gasteiger charge is -2.21. The van der Waals surface area contributed by atoms with Crippen molar-refractivity contribution in [2.75, 3.05) is 0 Å². The molecule has 1 rings (SSSR count). The Balaban J connectivity index is 2.50. The molecule has 1 aliphatic rings. The number of halogens is 1. The highest BCUT2D eigenvalue weighted by Gasteiger charge is 2.21. The van der Waals surface area contributed by atoms with Crippen LogP contribution < -0.4 is 0 Å². The van der Waals surface area contributed by atoms with Crippen LogP contribution in [-0.4, -0.2) is 5.78 Å². The molecule has 0 aliphatic heterocycles. The average Bonchev–Trinajstić information content (AvgIpc) is 2.22. The van der Waals surface area contributed by atoms with Gasteiger partial charge < -0.3 is 0 Å². The standard InChI is InChI=1S/C13H21BrO/c1-3-4-5-6-13(15)11-9-10(2)7-8-12(11)14/h10H,3-9H2,1-2H3. The summed E-state index contributed by atoms with van der Waals surface area (Å²) in [5, 5.41) is 0. The number of ketones is 1. The van der Waals surface area contributed by atoms with Crippen LogP contribution in [-0.2, 0) is 4.79 Å². The van der Waals surface area contributed by atoms with Gasteiger partial charge in [0.05, 0.1) is 0 Å². The van der Waals surface area contributed by atoms with E-state index in [0.29, 0.717) is 11.7 Å². The largest absolute Gasteiger partial charge is 0.295 e. The van der Waals surface area contributed by atoms with Crippen LogP contribution in [0.1, 0.15) is 58.8 Å². The van der Waals surface area contributed by atoms with Gasteiger partial charge in [-0.05, 0) is 31.6 Å². The molecule has 2 heteroatoms. The summed E-state index contributed by atoms with van der Waals surface area (Å²) in [4.78, 5) is 11.9. The molecule has 86 valence electrons. The number of unbranched alkanes of at least 4 members (excludes halogenated alkanes) is 2. The molecule has 1 unspecified atom stereocenters. The minimum atomic E-state index is 0.377. The lowest BCUT2D eigenvalue weighted by Crippen LogP contribution is -2.12. The van der Waals surface area contributed by atoms with Gasteiger partial charge in [0.15, 0.2) is 5.78 Å². The zero-order chi connectivity index (χ0) is 11.3. The lowest BCUT2D eigenvalue weighted by atomic mass is 9.87. The Morgan fingerprint density at radius 3 is 2.87 bits per heavy atom. The summed E-state index contributed by atoms with van der Waals surface area (Å²) in [6.07, 6.45) is 7.39. The van der Waals surface area contributed by atoms with E-state index in [1.165, 1.54) is 23.7 Å². The number of hydrogen-bond donors (Lipinski definition) is 0. The van der Waals surface area contributed by atoms with Crippen molar-refractivity contribution in [3.63, 3.8) is 0 Å². The van der Waals surface area contributed by atoms with Crippen LogP contribution in [0.15, 0.2) is 10.1 Å². The normalized spacial score (nSPS) is 21.9. The third kappa shape index (κ3) is 4.10. The smallest absolute Gasteiger partial charge is 0.159 e. The van der Waals surface area contributed by atoms with E-state index in [9.17, 15) is 4.79 Å². The lowest BCUT2D eigenvalue weighted by molar-refractivity contribution is -0.116. The predicted molar refractivity (Wildman–Crippen MR) is 68.1 cm³/mol. The van der Waals surface area contributed by atoms with E-state index in [4.69, 9.17) is 0 Å². The zero-order valence-electron chi connectivity index (χ0n) is 9.81. The number of carbonyl (C=O) groups is 1. The average molecular weight is 273 g/mol. The van der Waals surface area contributed by atoms with Gasteiger partial charge >= 0.3 is 0 Å². The first kappa shape index (κ1) is 13.0. The van der Waals surface area contributed by atoms with E-state index >= 15 is 0 Å². The van der Waals surface area contributed by atoms with Gasteiger partial charge in [-0.15, -0.1) is 0 Å². The molecule has 0 amide bonds. The van der Waals surface area contributed by atoms with Gasteiger partial charge in [0.1, 0.15) is 0 Å². The van der Waals surface area contributed by atoms with E-state index in [2.05, 4.69) is 29.8 Å². The van der Waals surface area contributed by atoms with Crippen molar-refractivity contribution in [3.05, 3.63) is 10.1 Å². The van der Waals surface area contributed by atoms with E-state index in [1.807, 2.05) is 0 Å². The van der Waals surface area contributed by atoms with Crippen LogP contribution in [0.25, 0.3) is 0 Å². The number of carbonyl (C=O) groups excluding carboxylic acids is 1. The minimum Gasteiger partial charge on any atom is -0.295 e. The summed E-state index contributed by atoms with van der Waals surface area (Å²) >= 11 is 3.55. The van der Waals surface area contributed by atoms with Gasteiger partial charge in [-0.3, -0.25) is 4.79 Å². The van der Waals surface area contributed by atoms with Crippen molar-refractivity contribution in [1.29, 1.82) is 0 Å². The van der Waals surface area contributed by atoms with Crippen LogP contribution in [0.2, 0.25) is 0 Å². The van der Waals surface area contributed by atoms with Crippen molar-refractivity contribution in [1.82, 2.24) is 0 Å². The third-order valence-corrected chi connectivity index (χ3v) is 3.96. The second-order valence-corrected chi connectivity index (χ2v) is 5.57. The quantitative estimate of drug-likeness (QED) is 0.669. The minimum absolute atomic E-state index is 0.377. The molecule has 0 saturated heterocycles. The highest BCUT2D eigenvalue weighted by Crippen LogP contribution is 2.33. The molecule has 0 saturated carbocycles. The van der Waals surface area contributed by atoms with Crippen molar-refractivity contribution < 1.29 is 4.79 Å². The molecule has 0 spiro atoms. The van der Waals surface area contributed by atoms with Crippen LogP contribution >= 0.6 is 15.9 Å². The zero-order valence-corrected chi connectivity index (χ0v) is 11.4. The molecule has 1 atom stereocenters. The maximum Gasteiger partial charge on any atom is 0.159 e. The predicted octanol–water partition coefficient (Wildman–Crippen LogP) is 4.60. The topological polar surface area (TPSA) is 17.1 Å². The fraction of sp³-hybridized carbons (Fsp3) is 0.769. The number of Topliss-reactive ketones (excluding diaryl/α,β-unsaturated/α-hetero) is 1. The monoisotopic (exact) mass is 272 g/mol. The first-order valence-electron chi connectivity index (χ1n) is 6.05. The van der Waals surface area contributed by atoms with Crippen molar-refractivity contribution in [3.8, 4) is 0 Å². The van der Waals surface area contributed by atoms with E-state index in [1.54, 1.807) is 0 Å². The molecule has 15 heavy (non-hydrogen) atoms. The van der Waals surface area contributed by atoms with Crippen molar-refractivity contribution in [2.45, 2.75) is 58.8 Å². The first-order chi connectivity index (χ1) is 7.15. The van der Waals surface area contributed by atoms with Gasteiger partial charge in [-0.2, -0.15) is 0 Å². The van der Waals surface area contributed by atoms with E-state index < -0.39 is 0 Å². The van der Waals surface area contributed by atoms with Gasteiger partial charge in [0, 0.05) is 16.5 Å². The molecule has 1 aliphatic carbocycles. The molecule has 0 heterocycles. The summed E-state index contributed by atoms with van der Waals surface area (Å²) in [7, 11) is 0. The molecule has 0 aromatic rings. The first-order valence-corrected chi connectivity index (χ1v) is 6.85. The van der Waals surface area contributed by atoms with Crippen molar-refractivity contribution >= 4 is 21.7 Å². The Bertz CT molecular complexity index is 255. The van der Waals surface area contributed by atoms with Crippen LogP contribution in [0, 0.1) is 5.92 Å². The van der Waals surface area contributed by atoms with Gasteiger partial charge in [-0.25, -0.2) is 0 Å². The number of hydrogen-bond acceptors (Lipinski definition) is 1. The van der Waals surface area contributed by atoms with Crippen molar-refractivity contribution in [2.24, 2.45) is 5.92 Å². The second-order valence-electron chi connectivity index (χ2n) is 4.61. The summed E-state index contributed by atoms with van der Waals surface area (Å²) in [6, 6.07) is 0. The Kier molecular flexibility index (Phi) is 5.59. The summed E-state index contributed by atoms with van der Waals surface area (Å²) < 4.78 is 1.17.